The Morgan fingerprint density at radius 3 is 2.23 bits per heavy atom. The van der Waals surface area contributed by atoms with Crippen LogP contribution in [0.25, 0.3) is 16.9 Å². The Labute approximate surface area is 180 Å². The summed E-state index contributed by atoms with van der Waals surface area (Å²) in [5, 5.41) is 0. The molecule has 160 valence electrons. The summed E-state index contributed by atoms with van der Waals surface area (Å²) < 4.78 is 30.3. The molecule has 3 aromatic rings. The number of halogens is 1. The summed E-state index contributed by atoms with van der Waals surface area (Å²) in [6, 6.07) is 5.46. The van der Waals surface area contributed by atoms with Crippen molar-refractivity contribution in [3.63, 3.8) is 0 Å². The van der Waals surface area contributed by atoms with Gasteiger partial charge in [-0.15, -0.1) is 0 Å². The SMILES string of the molecule is O=c1[nH]cnc2c1nc(Br)n2-c1ccc2c(c1)OCCOCCOCCOCCO2. The normalized spacial score (nSPS) is 16.7. The van der Waals surface area contributed by atoms with E-state index in [1.807, 2.05) is 12.1 Å². The Bertz CT molecular complexity index is 1050. The largest absolute Gasteiger partial charge is 0.487 e. The van der Waals surface area contributed by atoms with Crippen molar-refractivity contribution in [1.82, 2.24) is 19.5 Å². The van der Waals surface area contributed by atoms with Crippen molar-refractivity contribution in [2.45, 2.75) is 0 Å². The maximum Gasteiger partial charge on any atom is 0.278 e. The number of aromatic amines is 1. The van der Waals surface area contributed by atoms with E-state index in [1.54, 1.807) is 10.6 Å². The second-order valence-corrected chi connectivity index (χ2v) is 6.99. The van der Waals surface area contributed by atoms with Gasteiger partial charge in [-0.25, -0.2) is 9.97 Å². The highest BCUT2D eigenvalue weighted by Gasteiger charge is 2.16. The molecule has 1 aliphatic heterocycles. The van der Waals surface area contributed by atoms with Gasteiger partial charge in [-0.2, -0.15) is 0 Å². The number of nitrogens with zero attached hydrogens (tertiary/aromatic N) is 3. The average molecular weight is 481 g/mol. The van der Waals surface area contributed by atoms with Gasteiger partial charge >= 0.3 is 0 Å². The van der Waals surface area contributed by atoms with Gasteiger partial charge in [0.15, 0.2) is 27.4 Å². The maximum absolute atomic E-state index is 12.0. The van der Waals surface area contributed by atoms with Crippen LogP contribution in [0.4, 0.5) is 0 Å². The molecule has 1 aliphatic rings. The van der Waals surface area contributed by atoms with Gasteiger partial charge in [0.1, 0.15) is 13.2 Å². The van der Waals surface area contributed by atoms with Crippen LogP contribution < -0.4 is 15.0 Å². The van der Waals surface area contributed by atoms with Crippen LogP contribution in [-0.4, -0.2) is 72.4 Å². The van der Waals surface area contributed by atoms with Crippen LogP contribution in [0.2, 0.25) is 0 Å². The van der Waals surface area contributed by atoms with Gasteiger partial charge in [0.05, 0.1) is 51.7 Å². The number of hydrogen-bond acceptors (Lipinski definition) is 8. The topological polar surface area (TPSA) is 110 Å². The molecule has 0 bridgehead atoms. The van der Waals surface area contributed by atoms with Crippen molar-refractivity contribution in [2.24, 2.45) is 0 Å². The predicted molar refractivity (Wildman–Crippen MR) is 111 cm³/mol. The summed E-state index contributed by atoms with van der Waals surface area (Å²) in [6.45, 7) is 3.59. The minimum Gasteiger partial charge on any atom is -0.487 e. The summed E-state index contributed by atoms with van der Waals surface area (Å²) in [7, 11) is 0. The molecule has 0 atom stereocenters. The van der Waals surface area contributed by atoms with E-state index in [9.17, 15) is 4.79 Å². The van der Waals surface area contributed by atoms with E-state index in [2.05, 4.69) is 30.9 Å². The van der Waals surface area contributed by atoms with E-state index in [-0.39, 0.29) is 11.1 Å². The molecule has 3 heterocycles. The number of hydrogen-bond donors (Lipinski definition) is 1. The summed E-state index contributed by atoms with van der Waals surface area (Å²) in [5.41, 5.74) is 1.08. The fourth-order valence-electron chi connectivity index (χ4n) is 2.94. The number of ether oxygens (including phenoxy) is 5. The number of H-pyrrole nitrogens is 1. The molecule has 0 saturated heterocycles. The first kappa shape index (κ1) is 20.8. The highest BCUT2D eigenvalue weighted by atomic mass is 79.9. The zero-order valence-electron chi connectivity index (χ0n) is 16.1. The van der Waals surface area contributed by atoms with E-state index >= 15 is 0 Å². The van der Waals surface area contributed by atoms with Gasteiger partial charge in [0.2, 0.25) is 0 Å². The van der Waals surface area contributed by atoms with Crippen LogP contribution >= 0.6 is 15.9 Å². The highest BCUT2D eigenvalue weighted by molar-refractivity contribution is 9.10. The first-order chi connectivity index (χ1) is 14.7. The number of nitrogens with one attached hydrogen (secondary N) is 1. The van der Waals surface area contributed by atoms with E-state index < -0.39 is 0 Å². The van der Waals surface area contributed by atoms with Crippen molar-refractivity contribution in [3.05, 3.63) is 39.6 Å². The number of benzene rings is 1. The lowest BCUT2D eigenvalue weighted by Crippen LogP contribution is -2.13. The van der Waals surface area contributed by atoms with Gasteiger partial charge < -0.3 is 28.7 Å². The van der Waals surface area contributed by atoms with Crippen LogP contribution in [0.3, 0.4) is 0 Å². The molecular formula is C19H21BrN4O6. The van der Waals surface area contributed by atoms with E-state index in [0.717, 1.165) is 0 Å². The molecule has 1 aromatic carbocycles. The van der Waals surface area contributed by atoms with Gasteiger partial charge in [-0.1, -0.05) is 0 Å². The molecule has 0 spiro atoms. The zero-order chi connectivity index (χ0) is 20.8. The molecule has 10 nitrogen and oxygen atoms in total. The first-order valence-corrected chi connectivity index (χ1v) is 10.3. The molecule has 11 heteroatoms. The fourth-order valence-corrected chi connectivity index (χ4v) is 3.49. The molecule has 1 N–H and O–H groups in total. The Hall–Kier alpha value is -2.47. The number of fused-ring (bicyclic) bond motifs is 2. The van der Waals surface area contributed by atoms with Crippen molar-refractivity contribution in [2.75, 3.05) is 52.9 Å². The van der Waals surface area contributed by atoms with Crippen LogP contribution in [-0.2, 0) is 14.2 Å². The lowest BCUT2D eigenvalue weighted by Gasteiger charge is -2.15. The molecule has 0 radical (unpaired) electrons. The lowest BCUT2D eigenvalue weighted by atomic mass is 10.2. The molecule has 30 heavy (non-hydrogen) atoms. The molecule has 4 rings (SSSR count). The first-order valence-electron chi connectivity index (χ1n) is 9.49. The van der Waals surface area contributed by atoms with E-state index in [0.29, 0.717) is 80.4 Å². The number of imidazole rings is 1. The molecule has 0 amide bonds. The lowest BCUT2D eigenvalue weighted by molar-refractivity contribution is 0.00708. The van der Waals surface area contributed by atoms with Crippen LogP contribution in [0.15, 0.2) is 34.1 Å². The van der Waals surface area contributed by atoms with Crippen LogP contribution in [0.1, 0.15) is 0 Å². The van der Waals surface area contributed by atoms with Gasteiger partial charge in [0, 0.05) is 6.07 Å². The molecule has 0 unspecified atom stereocenters. The third-order valence-corrected chi connectivity index (χ3v) is 4.84. The Morgan fingerprint density at radius 2 is 1.53 bits per heavy atom. The van der Waals surface area contributed by atoms with Gasteiger partial charge in [0.25, 0.3) is 5.56 Å². The summed E-state index contributed by atoms with van der Waals surface area (Å²) in [4.78, 5) is 23.1. The van der Waals surface area contributed by atoms with Crippen molar-refractivity contribution in [1.29, 1.82) is 0 Å². The molecular weight excluding hydrogens is 460 g/mol. The van der Waals surface area contributed by atoms with E-state index in [4.69, 9.17) is 23.7 Å². The minimum absolute atomic E-state index is 0.241. The van der Waals surface area contributed by atoms with Crippen molar-refractivity contribution >= 4 is 27.1 Å². The average Bonchev–Trinajstić information content (AvgIpc) is 3.08. The molecule has 0 saturated carbocycles. The second-order valence-electron chi connectivity index (χ2n) is 6.29. The number of rotatable bonds is 1. The zero-order valence-corrected chi connectivity index (χ0v) is 17.7. The minimum atomic E-state index is -0.311. The van der Waals surface area contributed by atoms with Crippen LogP contribution in [0, 0.1) is 0 Å². The summed E-state index contributed by atoms with van der Waals surface area (Å²) >= 11 is 3.41. The Kier molecular flexibility index (Phi) is 6.95. The Balaban J connectivity index is 1.63. The smallest absolute Gasteiger partial charge is 0.278 e. The van der Waals surface area contributed by atoms with E-state index in [1.165, 1.54) is 6.33 Å². The molecule has 0 aliphatic carbocycles. The molecule has 0 fully saturated rings. The standard InChI is InChI=1S/C19H21BrN4O6/c20-19-23-16-17(21-12-22-18(16)25)24(19)13-1-2-14-15(11-13)30-10-8-28-6-4-26-3-5-27-7-9-29-14/h1-2,11-12H,3-10H2,(H,21,22,25). The van der Waals surface area contributed by atoms with Gasteiger partial charge in [-0.3, -0.25) is 9.36 Å². The summed E-state index contributed by atoms with van der Waals surface area (Å²) in [5.74, 6) is 1.13. The Morgan fingerprint density at radius 1 is 0.900 bits per heavy atom. The predicted octanol–water partition coefficient (Wildman–Crippen LogP) is 1.69. The monoisotopic (exact) mass is 480 g/mol. The van der Waals surface area contributed by atoms with Crippen LogP contribution in [0.5, 0.6) is 11.5 Å². The summed E-state index contributed by atoms with van der Waals surface area (Å²) in [6.07, 6.45) is 1.35. The maximum atomic E-state index is 12.0. The second kappa shape index (κ2) is 10.0. The van der Waals surface area contributed by atoms with Crippen molar-refractivity contribution < 1.29 is 23.7 Å². The highest BCUT2D eigenvalue weighted by Crippen LogP contribution is 2.32. The third kappa shape index (κ3) is 4.81. The van der Waals surface area contributed by atoms with Gasteiger partial charge in [-0.05, 0) is 28.1 Å². The third-order valence-electron chi connectivity index (χ3n) is 4.31. The number of aromatic nitrogens is 4. The fraction of sp³-hybridized carbons (Fsp3) is 0.421. The quantitative estimate of drug-likeness (QED) is 0.524. The van der Waals surface area contributed by atoms with Crippen molar-refractivity contribution in [3.8, 4) is 17.2 Å². The molecule has 2 aromatic heterocycles.